The zero-order valence-corrected chi connectivity index (χ0v) is 18.1. The van der Waals surface area contributed by atoms with Crippen LogP contribution >= 0.6 is 0 Å². The Bertz CT molecular complexity index is 1460. The van der Waals surface area contributed by atoms with Crippen molar-refractivity contribution in [2.24, 2.45) is 7.05 Å². The number of para-hydroxylation sites is 1. The van der Waals surface area contributed by atoms with Gasteiger partial charge in [-0.3, -0.25) is 4.57 Å². The van der Waals surface area contributed by atoms with Crippen molar-refractivity contribution in [1.82, 2.24) is 24.0 Å². The van der Waals surface area contributed by atoms with Gasteiger partial charge in [0.1, 0.15) is 5.52 Å². The molecule has 0 aliphatic carbocycles. The van der Waals surface area contributed by atoms with E-state index in [-0.39, 0.29) is 0 Å². The lowest BCUT2D eigenvalue weighted by Crippen LogP contribution is -2.27. The topological polar surface area (TPSA) is 38.9 Å². The first kappa shape index (κ1) is 18.3. The molecule has 0 radical (unpaired) electrons. The summed E-state index contributed by atoms with van der Waals surface area (Å²) < 4.78 is 4.53. The largest absolute Gasteiger partial charge is 0.351 e. The molecule has 5 aromatic rings. The fraction of sp³-hybridized carbons (Fsp3) is 0.231. The van der Waals surface area contributed by atoms with Gasteiger partial charge in [-0.1, -0.05) is 30.3 Å². The van der Waals surface area contributed by atoms with Crippen LogP contribution in [0.15, 0.2) is 60.9 Å². The zero-order valence-electron chi connectivity index (χ0n) is 18.1. The maximum absolute atomic E-state index is 4.90. The minimum Gasteiger partial charge on any atom is -0.351 e. The first-order chi connectivity index (χ1) is 15.1. The standard InChI is InChI=1S/C26H25N5/c1-17-15-27-26-25(28-17)21-16-29(2)12-11-23(21)31(26)22-7-5-4-6-20(22)19-9-8-18-10-13-30(3)24(18)14-19/h4-10,13-15H,11-12,16H2,1-3H3. The van der Waals surface area contributed by atoms with Crippen molar-refractivity contribution in [2.45, 2.75) is 19.9 Å². The molecule has 0 spiro atoms. The van der Waals surface area contributed by atoms with E-state index in [4.69, 9.17) is 9.97 Å². The lowest BCUT2D eigenvalue weighted by atomic mass is 10.0. The van der Waals surface area contributed by atoms with Gasteiger partial charge >= 0.3 is 0 Å². The van der Waals surface area contributed by atoms with E-state index in [1.807, 2.05) is 13.1 Å². The lowest BCUT2D eigenvalue weighted by Gasteiger charge is -2.24. The molecule has 0 bridgehead atoms. The highest BCUT2D eigenvalue weighted by Crippen LogP contribution is 2.36. The van der Waals surface area contributed by atoms with Crippen molar-refractivity contribution in [2.75, 3.05) is 13.6 Å². The average Bonchev–Trinajstić information content (AvgIpc) is 3.31. The van der Waals surface area contributed by atoms with E-state index >= 15 is 0 Å². The smallest absolute Gasteiger partial charge is 0.163 e. The van der Waals surface area contributed by atoms with Crippen LogP contribution in [-0.2, 0) is 20.0 Å². The fourth-order valence-corrected chi connectivity index (χ4v) is 4.91. The number of aryl methyl sites for hydroxylation is 2. The van der Waals surface area contributed by atoms with Crippen molar-refractivity contribution >= 4 is 22.1 Å². The van der Waals surface area contributed by atoms with Gasteiger partial charge in [0.2, 0.25) is 0 Å². The molecule has 0 saturated heterocycles. The van der Waals surface area contributed by atoms with Crippen LogP contribution in [-0.4, -0.2) is 37.6 Å². The Kier molecular flexibility index (Phi) is 4.02. The third-order valence-corrected chi connectivity index (χ3v) is 6.49. The predicted octanol–water partition coefficient (Wildman–Crippen LogP) is 4.88. The summed E-state index contributed by atoms with van der Waals surface area (Å²) >= 11 is 0. The van der Waals surface area contributed by atoms with E-state index in [0.717, 1.165) is 36.4 Å². The monoisotopic (exact) mass is 407 g/mol. The summed E-state index contributed by atoms with van der Waals surface area (Å²) in [5.74, 6) is 0. The van der Waals surface area contributed by atoms with Gasteiger partial charge in [-0.05, 0) is 43.1 Å². The lowest BCUT2D eigenvalue weighted by molar-refractivity contribution is 0.311. The minimum absolute atomic E-state index is 0.911. The van der Waals surface area contributed by atoms with Crippen molar-refractivity contribution in [3.05, 3.63) is 77.9 Å². The maximum atomic E-state index is 4.90. The van der Waals surface area contributed by atoms with Crippen molar-refractivity contribution in [3.8, 4) is 16.8 Å². The van der Waals surface area contributed by atoms with Gasteiger partial charge in [0.25, 0.3) is 0 Å². The molecule has 3 aromatic heterocycles. The Hall–Kier alpha value is -3.44. The first-order valence-corrected chi connectivity index (χ1v) is 10.8. The van der Waals surface area contributed by atoms with Gasteiger partial charge < -0.3 is 9.47 Å². The van der Waals surface area contributed by atoms with Crippen LogP contribution in [0.3, 0.4) is 0 Å². The molecule has 5 heteroatoms. The molecule has 6 rings (SSSR count). The van der Waals surface area contributed by atoms with E-state index < -0.39 is 0 Å². The summed E-state index contributed by atoms with van der Waals surface area (Å²) in [5, 5.41) is 1.26. The summed E-state index contributed by atoms with van der Waals surface area (Å²) in [6.07, 6.45) is 4.99. The van der Waals surface area contributed by atoms with Gasteiger partial charge in [-0.25, -0.2) is 9.97 Å². The quantitative estimate of drug-likeness (QED) is 0.419. The normalized spacial score (nSPS) is 14.4. The molecule has 0 unspecified atom stereocenters. The second-order valence-corrected chi connectivity index (χ2v) is 8.65. The Balaban J connectivity index is 1.64. The third-order valence-electron chi connectivity index (χ3n) is 6.49. The molecule has 0 saturated carbocycles. The molecule has 154 valence electrons. The number of aromatic nitrogens is 4. The molecular formula is C26H25N5. The summed E-state index contributed by atoms with van der Waals surface area (Å²) in [6.45, 7) is 3.97. The molecule has 0 amide bonds. The van der Waals surface area contributed by atoms with Gasteiger partial charge in [-0.2, -0.15) is 0 Å². The highest BCUT2D eigenvalue weighted by atomic mass is 15.1. The summed E-state index contributed by atoms with van der Waals surface area (Å²) in [6, 6.07) is 17.6. The van der Waals surface area contributed by atoms with E-state index in [0.29, 0.717) is 0 Å². The molecule has 2 aromatic carbocycles. The summed E-state index contributed by atoms with van der Waals surface area (Å²) in [7, 11) is 4.28. The van der Waals surface area contributed by atoms with Gasteiger partial charge in [-0.15, -0.1) is 0 Å². The molecule has 31 heavy (non-hydrogen) atoms. The highest BCUT2D eigenvalue weighted by Gasteiger charge is 2.26. The third kappa shape index (κ3) is 2.81. The number of likely N-dealkylation sites (N-methyl/N-ethyl adjacent to an activating group) is 1. The Morgan fingerprint density at radius 2 is 1.87 bits per heavy atom. The van der Waals surface area contributed by atoms with Crippen LogP contribution in [0, 0.1) is 6.92 Å². The van der Waals surface area contributed by atoms with E-state index in [2.05, 4.69) is 82.9 Å². The number of hydrogen-bond donors (Lipinski definition) is 0. The van der Waals surface area contributed by atoms with E-state index in [1.165, 1.54) is 39.0 Å². The van der Waals surface area contributed by atoms with Crippen LogP contribution in [0.2, 0.25) is 0 Å². The van der Waals surface area contributed by atoms with Crippen LogP contribution < -0.4 is 0 Å². The second-order valence-electron chi connectivity index (χ2n) is 8.65. The Morgan fingerprint density at radius 1 is 1.00 bits per heavy atom. The van der Waals surface area contributed by atoms with E-state index in [1.54, 1.807) is 0 Å². The van der Waals surface area contributed by atoms with Crippen LogP contribution in [0.25, 0.3) is 38.9 Å². The van der Waals surface area contributed by atoms with Crippen LogP contribution in [0.5, 0.6) is 0 Å². The van der Waals surface area contributed by atoms with Crippen molar-refractivity contribution in [3.63, 3.8) is 0 Å². The van der Waals surface area contributed by atoms with Gasteiger partial charge in [0, 0.05) is 55.1 Å². The van der Waals surface area contributed by atoms with Crippen molar-refractivity contribution < 1.29 is 0 Å². The molecular weight excluding hydrogens is 382 g/mol. The average molecular weight is 408 g/mol. The zero-order chi connectivity index (χ0) is 21.1. The Labute approximate surface area is 181 Å². The summed E-state index contributed by atoms with van der Waals surface area (Å²) in [5.41, 5.74) is 10.4. The molecule has 1 aliphatic heterocycles. The highest BCUT2D eigenvalue weighted by molar-refractivity contribution is 5.89. The first-order valence-electron chi connectivity index (χ1n) is 10.8. The van der Waals surface area contributed by atoms with E-state index in [9.17, 15) is 0 Å². The SMILES string of the molecule is Cc1cnc2c(n1)c1c(n2-c2ccccc2-c2ccc3ccn(C)c3c2)CCN(C)C1. The predicted molar refractivity (Wildman–Crippen MR) is 126 cm³/mol. The number of hydrogen-bond acceptors (Lipinski definition) is 3. The number of nitrogens with zero attached hydrogens (tertiary/aromatic N) is 5. The number of fused-ring (bicyclic) bond motifs is 4. The molecule has 0 fully saturated rings. The second kappa shape index (κ2) is 6.79. The Morgan fingerprint density at radius 3 is 2.77 bits per heavy atom. The summed E-state index contributed by atoms with van der Waals surface area (Å²) in [4.78, 5) is 12.1. The maximum Gasteiger partial charge on any atom is 0.163 e. The van der Waals surface area contributed by atoms with Crippen molar-refractivity contribution in [1.29, 1.82) is 0 Å². The van der Waals surface area contributed by atoms with Gasteiger partial charge in [0.15, 0.2) is 5.65 Å². The molecule has 4 heterocycles. The number of rotatable bonds is 2. The molecule has 0 N–H and O–H groups in total. The van der Waals surface area contributed by atoms with Crippen LogP contribution in [0.1, 0.15) is 17.0 Å². The fourth-order valence-electron chi connectivity index (χ4n) is 4.91. The van der Waals surface area contributed by atoms with Crippen LogP contribution in [0.4, 0.5) is 0 Å². The molecule has 1 aliphatic rings. The molecule has 0 atom stereocenters. The molecule has 5 nitrogen and oxygen atoms in total. The number of benzene rings is 2. The van der Waals surface area contributed by atoms with Gasteiger partial charge in [0.05, 0.1) is 17.6 Å². The minimum atomic E-state index is 0.911.